The Bertz CT molecular complexity index is 1060. The van der Waals surface area contributed by atoms with Gasteiger partial charge in [0.1, 0.15) is 17.3 Å². The Labute approximate surface area is 188 Å². The van der Waals surface area contributed by atoms with Crippen LogP contribution in [-0.2, 0) is 11.2 Å². The molecule has 1 atom stereocenters. The highest BCUT2D eigenvalue weighted by molar-refractivity contribution is 5.92. The Morgan fingerprint density at radius 3 is 2.33 bits per heavy atom. The molecule has 0 radical (unpaired) electrons. The molecule has 3 aromatic rings. The van der Waals surface area contributed by atoms with Gasteiger partial charge in [-0.15, -0.1) is 13.2 Å². The number of nitrogens with one attached hydrogen (secondary N) is 1. The van der Waals surface area contributed by atoms with Crippen LogP contribution in [0.25, 0.3) is 0 Å². The molecule has 0 aliphatic carbocycles. The summed E-state index contributed by atoms with van der Waals surface area (Å²) in [5.41, 5.74) is 1.59. The van der Waals surface area contributed by atoms with Crippen molar-refractivity contribution in [3.8, 4) is 11.6 Å². The first-order valence-corrected chi connectivity index (χ1v) is 9.89. The van der Waals surface area contributed by atoms with Crippen molar-refractivity contribution < 1.29 is 32.2 Å². The van der Waals surface area contributed by atoms with Crippen LogP contribution < -0.4 is 14.8 Å². The first-order valence-electron chi connectivity index (χ1n) is 9.89. The summed E-state index contributed by atoms with van der Waals surface area (Å²) in [6.07, 6.45) is -4.38. The summed E-state index contributed by atoms with van der Waals surface area (Å²) in [7, 11) is 2.89. The van der Waals surface area contributed by atoms with Gasteiger partial charge in [0.05, 0.1) is 19.8 Å². The van der Waals surface area contributed by atoms with Crippen molar-refractivity contribution in [2.24, 2.45) is 0 Å². The second-order valence-electron chi connectivity index (χ2n) is 6.97. The van der Waals surface area contributed by atoms with Crippen molar-refractivity contribution in [2.45, 2.75) is 18.8 Å². The van der Waals surface area contributed by atoms with E-state index in [2.05, 4.69) is 20.0 Å². The second-order valence-corrected chi connectivity index (χ2v) is 6.97. The van der Waals surface area contributed by atoms with Gasteiger partial charge >= 0.3 is 6.36 Å². The van der Waals surface area contributed by atoms with E-state index in [0.29, 0.717) is 17.8 Å². The molecule has 0 spiro atoms. The summed E-state index contributed by atoms with van der Waals surface area (Å²) < 4.78 is 51.4. The molecule has 0 aliphatic heterocycles. The Morgan fingerprint density at radius 2 is 1.73 bits per heavy atom. The van der Waals surface area contributed by atoms with E-state index in [1.807, 2.05) is 30.3 Å². The summed E-state index contributed by atoms with van der Waals surface area (Å²) in [5, 5.41) is 2.79. The van der Waals surface area contributed by atoms with Gasteiger partial charge in [0.25, 0.3) is 5.91 Å². The summed E-state index contributed by atoms with van der Waals surface area (Å²) in [5.74, 6) is -0.233. The van der Waals surface area contributed by atoms with Crippen LogP contribution >= 0.6 is 0 Å². The highest BCUT2D eigenvalue weighted by atomic mass is 19.4. The Balaban J connectivity index is 1.79. The largest absolute Gasteiger partial charge is 0.573 e. The molecular formula is C23H22F3N3O4. The number of carbonyl (C=O) groups is 1. The van der Waals surface area contributed by atoms with Crippen molar-refractivity contribution in [1.82, 2.24) is 15.3 Å². The van der Waals surface area contributed by atoms with Crippen molar-refractivity contribution in [1.29, 1.82) is 0 Å². The first-order chi connectivity index (χ1) is 15.8. The number of alkyl halides is 3. The predicted octanol–water partition coefficient (Wildman–Crippen LogP) is 4.09. The quantitative estimate of drug-likeness (QED) is 0.517. The normalized spacial score (nSPS) is 12.2. The molecule has 0 saturated carbocycles. The van der Waals surface area contributed by atoms with Crippen LogP contribution in [-0.4, -0.2) is 43.1 Å². The Kier molecular flexibility index (Phi) is 7.83. The minimum atomic E-state index is -4.79. The fourth-order valence-electron chi connectivity index (χ4n) is 3.07. The van der Waals surface area contributed by atoms with Crippen LogP contribution in [0.1, 0.15) is 33.5 Å². The zero-order valence-electron chi connectivity index (χ0n) is 17.9. The number of amides is 1. The lowest BCUT2D eigenvalue weighted by Crippen LogP contribution is -2.32. The number of nitrogens with zero attached hydrogens (tertiary/aromatic N) is 2. The molecule has 10 heteroatoms. The molecule has 174 valence electrons. The highest BCUT2D eigenvalue weighted by Gasteiger charge is 2.31. The SMILES string of the molecule is COCC(NC(=O)c1cc(OC)nc(Cc2ccccc2)n1)c1ccc(OC(F)(F)F)cc1. The standard InChI is InChI=1S/C23H22F3N3O4/c1-31-14-19(16-8-10-17(11-9-16)33-23(24,25)26)28-22(30)18-13-21(32-2)29-20(27-18)12-15-6-4-3-5-7-15/h3-11,13,19H,12,14H2,1-2H3,(H,28,30). The van der Waals surface area contributed by atoms with Crippen LogP contribution in [0, 0.1) is 0 Å². The van der Waals surface area contributed by atoms with Gasteiger partial charge in [-0.25, -0.2) is 4.98 Å². The number of aromatic nitrogens is 2. The fraction of sp³-hybridized carbons (Fsp3) is 0.261. The van der Waals surface area contributed by atoms with Crippen molar-refractivity contribution in [3.63, 3.8) is 0 Å². The Hall–Kier alpha value is -3.66. The van der Waals surface area contributed by atoms with Gasteiger partial charge in [-0.05, 0) is 23.3 Å². The third-order valence-corrected chi connectivity index (χ3v) is 4.55. The maximum Gasteiger partial charge on any atom is 0.573 e. The molecule has 1 aromatic heterocycles. The topological polar surface area (TPSA) is 82.6 Å². The third-order valence-electron chi connectivity index (χ3n) is 4.55. The van der Waals surface area contributed by atoms with Gasteiger partial charge < -0.3 is 19.5 Å². The van der Waals surface area contributed by atoms with Crippen LogP contribution in [0.3, 0.4) is 0 Å². The molecule has 1 amide bonds. The maximum absolute atomic E-state index is 12.9. The van der Waals surface area contributed by atoms with E-state index in [9.17, 15) is 18.0 Å². The molecule has 1 unspecified atom stereocenters. The van der Waals surface area contributed by atoms with Crippen LogP contribution in [0.15, 0.2) is 60.7 Å². The number of hydrogen-bond acceptors (Lipinski definition) is 6. The molecule has 0 bridgehead atoms. The number of benzene rings is 2. The number of carbonyl (C=O) groups excluding carboxylic acids is 1. The van der Waals surface area contributed by atoms with Gasteiger partial charge in [0, 0.05) is 19.6 Å². The van der Waals surface area contributed by atoms with Gasteiger partial charge in [-0.3, -0.25) is 4.79 Å². The van der Waals surface area contributed by atoms with Gasteiger partial charge in [0.15, 0.2) is 0 Å². The lowest BCUT2D eigenvalue weighted by Gasteiger charge is -2.19. The summed E-state index contributed by atoms with van der Waals surface area (Å²) in [6, 6.07) is 15.5. The minimum Gasteiger partial charge on any atom is -0.481 e. The number of rotatable bonds is 9. The molecule has 1 heterocycles. The molecule has 3 rings (SSSR count). The summed E-state index contributed by atoms with van der Waals surface area (Å²) in [4.78, 5) is 21.6. The lowest BCUT2D eigenvalue weighted by molar-refractivity contribution is -0.274. The molecule has 0 aliphatic rings. The zero-order valence-corrected chi connectivity index (χ0v) is 17.9. The average Bonchev–Trinajstić information content (AvgIpc) is 2.78. The smallest absolute Gasteiger partial charge is 0.481 e. The second kappa shape index (κ2) is 10.8. The zero-order chi connectivity index (χ0) is 23.8. The molecule has 0 fully saturated rings. The van der Waals surface area contributed by atoms with Crippen LogP contribution in [0.2, 0.25) is 0 Å². The van der Waals surface area contributed by atoms with Crippen molar-refractivity contribution >= 4 is 5.91 Å². The predicted molar refractivity (Wildman–Crippen MR) is 113 cm³/mol. The summed E-state index contributed by atoms with van der Waals surface area (Å²) >= 11 is 0. The van der Waals surface area contributed by atoms with Crippen molar-refractivity contribution in [2.75, 3.05) is 20.8 Å². The van der Waals surface area contributed by atoms with E-state index in [1.165, 1.54) is 44.6 Å². The molecule has 1 N–H and O–H groups in total. The number of halogens is 3. The number of methoxy groups -OCH3 is 2. The summed E-state index contributed by atoms with van der Waals surface area (Å²) in [6.45, 7) is 0.0876. The number of hydrogen-bond donors (Lipinski definition) is 1. The van der Waals surface area contributed by atoms with E-state index in [4.69, 9.17) is 9.47 Å². The lowest BCUT2D eigenvalue weighted by atomic mass is 10.1. The van der Waals surface area contributed by atoms with E-state index < -0.39 is 18.3 Å². The molecule has 33 heavy (non-hydrogen) atoms. The fourth-order valence-corrected chi connectivity index (χ4v) is 3.07. The van der Waals surface area contributed by atoms with E-state index in [-0.39, 0.29) is 23.9 Å². The molecular weight excluding hydrogens is 439 g/mol. The minimum absolute atomic E-state index is 0.0876. The molecule has 7 nitrogen and oxygen atoms in total. The van der Waals surface area contributed by atoms with E-state index in [1.54, 1.807) is 0 Å². The maximum atomic E-state index is 12.9. The van der Waals surface area contributed by atoms with Crippen LogP contribution in [0.5, 0.6) is 11.6 Å². The van der Waals surface area contributed by atoms with Gasteiger partial charge in [-0.1, -0.05) is 42.5 Å². The van der Waals surface area contributed by atoms with Crippen LogP contribution in [0.4, 0.5) is 13.2 Å². The monoisotopic (exact) mass is 461 g/mol. The highest BCUT2D eigenvalue weighted by Crippen LogP contribution is 2.25. The first kappa shape index (κ1) is 24.0. The van der Waals surface area contributed by atoms with Gasteiger partial charge in [0.2, 0.25) is 5.88 Å². The van der Waals surface area contributed by atoms with Gasteiger partial charge in [-0.2, -0.15) is 4.98 Å². The number of ether oxygens (including phenoxy) is 3. The molecule has 2 aromatic carbocycles. The molecule has 0 saturated heterocycles. The Morgan fingerprint density at radius 1 is 1.03 bits per heavy atom. The average molecular weight is 461 g/mol. The van der Waals surface area contributed by atoms with Crippen molar-refractivity contribution in [3.05, 3.63) is 83.3 Å². The third kappa shape index (κ3) is 7.18. The van der Waals surface area contributed by atoms with E-state index in [0.717, 1.165) is 5.56 Å². The van der Waals surface area contributed by atoms with E-state index >= 15 is 0 Å².